The van der Waals surface area contributed by atoms with Crippen LogP contribution in [-0.4, -0.2) is 62.4 Å². The molecule has 0 saturated carbocycles. The summed E-state index contributed by atoms with van der Waals surface area (Å²) in [5.74, 6) is 0.831. The number of hydrogen-bond acceptors (Lipinski definition) is 7. The van der Waals surface area contributed by atoms with E-state index in [2.05, 4.69) is 10.4 Å². The lowest BCUT2D eigenvalue weighted by Gasteiger charge is -2.19. The molecule has 2 amide bonds. The Morgan fingerprint density at radius 3 is 2.52 bits per heavy atom. The highest BCUT2D eigenvalue weighted by Gasteiger charge is 2.22. The van der Waals surface area contributed by atoms with Crippen LogP contribution in [0.5, 0.6) is 5.75 Å². The van der Waals surface area contributed by atoms with Crippen LogP contribution in [0.1, 0.15) is 55.0 Å². The lowest BCUT2D eigenvalue weighted by molar-refractivity contribution is 0.0520. The summed E-state index contributed by atoms with van der Waals surface area (Å²) in [7, 11) is 1.75. The molecule has 0 fully saturated rings. The molecule has 2 heterocycles. The number of halogens is 1. The Morgan fingerprint density at radius 1 is 1.10 bits per heavy atom. The summed E-state index contributed by atoms with van der Waals surface area (Å²) in [6, 6.07) is 10.8. The fraction of sp³-hybridized carbons (Fsp3) is 0.387. The number of ether oxygens (including phenoxy) is 2. The summed E-state index contributed by atoms with van der Waals surface area (Å²) in [4.78, 5) is 36.7. The average molecular weight is 593 g/mol. The minimum absolute atomic E-state index is 0.247. The van der Waals surface area contributed by atoms with Gasteiger partial charge in [-0.25, -0.2) is 14.8 Å². The first-order chi connectivity index (χ1) is 19.9. The predicted octanol–water partition coefficient (Wildman–Crippen LogP) is 5.96. The molecule has 11 heteroatoms. The van der Waals surface area contributed by atoms with E-state index in [-0.39, 0.29) is 18.2 Å². The lowest BCUT2D eigenvalue weighted by Crippen LogP contribution is -2.34. The van der Waals surface area contributed by atoms with E-state index >= 15 is 0 Å². The quantitative estimate of drug-likeness (QED) is 0.239. The van der Waals surface area contributed by atoms with Crippen LogP contribution < -0.4 is 10.1 Å². The SMILES string of the molecule is CCn1ncc(CN(C)C(=O)c2nc(-c3ccc(OCCNC(=O)OC(C)(C)C)c(C)c3)nc3ccc(Cl)cc23)c1C. The minimum atomic E-state index is -0.563. The van der Waals surface area contributed by atoms with Gasteiger partial charge in [0.2, 0.25) is 0 Å². The monoisotopic (exact) mass is 592 g/mol. The number of rotatable bonds is 9. The molecular weight excluding hydrogens is 556 g/mol. The largest absolute Gasteiger partial charge is 0.491 e. The second-order valence-corrected chi connectivity index (χ2v) is 11.5. The standard InChI is InChI=1S/C31H37ClN6O4/c1-8-38-20(3)22(17-34-38)18-37(7)29(39)27-24-16-23(32)10-11-25(24)35-28(36-27)21-9-12-26(19(2)15-21)41-14-13-33-30(40)42-31(4,5)6/h9-12,15-17H,8,13-14,18H2,1-7H3,(H,33,40). The Bertz CT molecular complexity index is 1610. The number of fused-ring (bicyclic) bond motifs is 1. The fourth-order valence-corrected chi connectivity index (χ4v) is 4.61. The van der Waals surface area contributed by atoms with Gasteiger partial charge in [-0.3, -0.25) is 9.48 Å². The van der Waals surface area contributed by atoms with Gasteiger partial charge in [-0.05, 0) is 83.5 Å². The topological polar surface area (TPSA) is 111 Å². The Morgan fingerprint density at radius 2 is 1.86 bits per heavy atom. The van der Waals surface area contributed by atoms with Crippen LogP contribution in [0.4, 0.5) is 4.79 Å². The molecule has 0 bridgehead atoms. The zero-order chi connectivity index (χ0) is 30.6. The van der Waals surface area contributed by atoms with Crippen molar-refractivity contribution in [2.75, 3.05) is 20.2 Å². The van der Waals surface area contributed by atoms with Crippen molar-refractivity contribution < 1.29 is 19.1 Å². The Labute approximate surface area is 251 Å². The maximum absolute atomic E-state index is 13.7. The molecule has 0 saturated heterocycles. The molecule has 42 heavy (non-hydrogen) atoms. The van der Waals surface area contributed by atoms with Crippen molar-refractivity contribution in [1.29, 1.82) is 0 Å². The highest BCUT2D eigenvalue weighted by molar-refractivity contribution is 6.31. The van der Waals surface area contributed by atoms with Gasteiger partial charge in [-0.2, -0.15) is 5.10 Å². The van der Waals surface area contributed by atoms with Crippen molar-refractivity contribution in [3.05, 3.63) is 70.1 Å². The molecule has 0 aliphatic heterocycles. The van der Waals surface area contributed by atoms with E-state index in [0.717, 1.165) is 28.9 Å². The third-order valence-electron chi connectivity index (χ3n) is 6.58. The maximum Gasteiger partial charge on any atom is 0.407 e. The molecule has 4 aromatic rings. The molecule has 0 aliphatic rings. The molecule has 4 rings (SSSR count). The molecule has 1 N–H and O–H groups in total. The molecule has 0 spiro atoms. The van der Waals surface area contributed by atoms with Gasteiger partial charge in [0.25, 0.3) is 5.91 Å². The van der Waals surface area contributed by atoms with E-state index in [4.69, 9.17) is 31.0 Å². The number of benzene rings is 2. The zero-order valence-electron chi connectivity index (χ0n) is 25.1. The lowest BCUT2D eigenvalue weighted by atomic mass is 10.1. The number of aromatic nitrogens is 4. The van der Waals surface area contributed by atoms with Crippen LogP contribution in [0.2, 0.25) is 5.02 Å². The molecule has 2 aromatic heterocycles. The molecule has 0 radical (unpaired) electrons. The molecule has 0 unspecified atom stereocenters. The number of amides is 2. The van der Waals surface area contributed by atoms with Crippen molar-refractivity contribution in [1.82, 2.24) is 30.0 Å². The van der Waals surface area contributed by atoms with Gasteiger partial charge in [0.1, 0.15) is 23.7 Å². The van der Waals surface area contributed by atoms with Crippen molar-refractivity contribution in [2.24, 2.45) is 0 Å². The molecule has 10 nitrogen and oxygen atoms in total. The Balaban J connectivity index is 1.55. The van der Waals surface area contributed by atoms with E-state index in [0.29, 0.717) is 40.6 Å². The normalized spacial score (nSPS) is 11.4. The van der Waals surface area contributed by atoms with E-state index < -0.39 is 11.7 Å². The summed E-state index contributed by atoms with van der Waals surface area (Å²) in [5.41, 5.74) is 3.91. The van der Waals surface area contributed by atoms with Gasteiger partial charge in [-0.15, -0.1) is 0 Å². The molecule has 0 aliphatic carbocycles. The fourth-order valence-electron chi connectivity index (χ4n) is 4.44. The van der Waals surface area contributed by atoms with Crippen LogP contribution in [0, 0.1) is 13.8 Å². The van der Waals surface area contributed by atoms with E-state index in [1.807, 2.05) is 64.4 Å². The van der Waals surface area contributed by atoms with E-state index in [9.17, 15) is 9.59 Å². The van der Waals surface area contributed by atoms with Gasteiger partial charge in [0.05, 0.1) is 18.3 Å². The number of nitrogens with one attached hydrogen (secondary N) is 1. The van der Waals surface area contributed by atoms with Gasteiger partial charge < -0.3 is 19.7 Å². The first kappa shape index (κ1) is 30.8. The van der Waals surface area contributed by atoms with Gasteiger partial charge in [-0.1, -0.05) is 11.6 Å². The van der Waals surface area contributed by atoms with Crippen molar-refractivity contribution in [3.8, 4) is 17.1 Å². The first-order valence-electron chi connectivity index (χ1n) is 13.8. The molecule has 2 aromatic carbocycles. The summed E-state index contributed by atoms with van der Waals surface area (Å²) < 4.78 is 13.0. The Hall–Kier alpha value is -4.18. The van der Waals surface area contributed by atoms with Crippen molar-refractivity contribution in [3.63, 3.8) is 0 Å². The number of alkyl carbamates (subject to hydrolysis) is 1. The number of nitrogens with zero attached hydrogens (tertiary/aromatic N) is 5. The minimum Gasteiger partial charge on any atom is -0.491 e. The molecule has 0 atom stereocenters. The first-order valence-corrected chi connectivity index (χ1v) is 14.2. The number of carbonyl (C=O) groups is 2. The number of aryl methyl sites for hydroxylation is 2. The van der Waals surface area contributed by atoms with Crippen LogP contribution in [0.3, 0.4) is 0 Å². The van der Waals surface area contributed by atoms with Gasteiger partial charge >= 0.3 is 6.09 Å². The zero-order valence-corrected chi connectivity index (χ0v) is 25.9. The van der Waals surface area contributed by atoms with E-state index in [1.165, 1.54) is 0 Å². The highest BCUT2D eigenvalue weighted by Crippen LogP contribution is 2.28. The van der Waals surface area contributed by atoms with Gasteiger partial charge in [0.15, 0.2) is 5.82 Å². The van der Waals surface area contributed by atoms with Gasteiger partial charge in [0, 0.05) is 47.4 Å². The second-order valence-electron chi connectivity index (χ2n) is 11.0. The second kappa shape index (κ2) is 12.8. The van der Waals surface area contributed by atoms with Crippen molar-refractivity contribution in [2.45, 2.75) is 60.2 Å². The Kier molecular flexibility index (Phi) is 9.36. The predicted molar refractivity (Wildman–Crippen MR) is 163 cm³/mol. The summed E-state index contributed by atoms with van der Waals surface area (Å²) >= 11 is 6.30. The third-order valence-corrected chi connectivity index (χ3v) is 6.82. The molecular formula is C31H37ClN6O4. The van der Waals surface area contributed by atoms with Crippen LogP contribution in [0.25, 0.3) is 22.3 Å². The van der Waals surface area contributed by atoms with E-state index in [1.54, 1.807) is 36.3 Å². The van der Waals surface area contributed by atoms with Crippen LogP contribution in [-0.2, 0) is 17.8 Å². The summed E-state index contributed by atoms with van der Waals surface area (Å²) in [6.07, 6.45) is 1.30. The number of hydrogen-bond donors (Lipinski definition) is 1. The summed E-state index contributed by atoms with van der Waals surface area (Å²) in [6.45, 7) is 13.1. The van der Waals surface area contributed by atoms with Crippen molar-refractivity contribution >= 4 is 34.5 Å². The highest BCUT2D eigenvalue weighted by atomic mass is 35.5. The average Bonchev–Trinajstić information content (AvgIpc) is 3.28. The van der Waals surface area contributed by atoms with Crippen LogP contribution >= 0.6 is 11.6 Å². The van der Waals surface area contributed by atoms with Crippen LogP contribution in [0.15, 0.2) is 42.6 Å². The maximum atomic E-state index is 13.7. The molecule has 222 valence electrons. The smallest absolute Gasteiger partial charge is 0.407 e. The summed E-state index contributed by atoms with van der Waals surface area (Å²) in [5, 5.41) is 8.15. The number of carbonyl (C=O) groups excluding carboxylic acids is 2. The third kappa shape index (κ3) is 7.36.